The topological polar surface area (TPSA) is 55.8 Å². The lowest BCUT2D eigenvalue weighted by Crippen LogP contribution is -2.30. The van der Waals surface area contributed by atoms with Crippen LogP contribution in [0.1, 0.15) is 25.5 Å². The molecule has 20 heavy (non-hydrogen) atoms. The average molecular weight is 288 g/mol. The highest BCUT2D eigenvalue weighted by Crippen LogP contribution is 2.29. The number of alkyl halides is 2. The molecule has 0 saturated heterocycles. The van der Waals surface area contributed by atoms with Crippen LogP contribution in [0.4, 0.5) is 8.78 Å². The van der Waals surface area contributed by atoms with E-state index < -0.39 is 24.4 Å². The van der Waals surface area contributed by atoms with E-state index in [2.05, 4.69) is 4.74 Å². The summed E-state index contributed by atoms with van der Waals surface area (Å²) in [5, 5.41) is 9.95. The number of rotatable bonds is 7. The Balaban J connectivity index is 2.88. The number of esters is 1. The Morgan fingerprint density at radius 3 is 2.25 bits per heavy atom. The summed E-state index contributed by atoms with van der Waals surface area (Å²) in [7, 11) is 0. The third-order valence-corrected chi connectivity index (χ3v) is 2.70. The lowest BCUT2D eigenvalue weighted by atomic mass is 9.96. The van der Waals surface area contributed by atoms with Gasteiger partial charge in [-0.15, -0.1) is 0 Å². The Morgan fingerprint density at radius 1 is 1.20 bits per heavy atom. The van der Waals surface area contributed by atoms with Gasteiger partial charge in [-0.1, -0.05) is 12.1 Å². The van der Waals surface area contributed by atoms with Gasteiger partial charge >= 0.3 is 5.97 Å². The summed E-state index contributed by atoms with van der Waals surface area (Å²) in [6.45, 7) is 3.79. The van der Waals surface area contributed by atoms with E-state index in [1.165, 1.54) is 19.1 Å². The van der Waals surface area contributed by atoms with Gasteiger partial charge in [-0.25, -0.2) is 8.78 Å². The van der Waals surface area contributed by atoms with Crippen molar-refractivity contribution in [1.82, 2.24) is 0 Å². The molecule has 0 radical (unpaired) electrons. The molecule has 1 aromatic carbocycles. The van der Waals surface area contributed by atoms with Gasteiger partial charge in [0.25, 0.3) is 6.43 Å². The highest BCUT2D eigenvalue weighted by molar-refractivity contribution is 5.74. The van der Waals surface area contributed by atoms with Gasteiger partial charge in [-0.2, -0.15) is 0 Å². The molecule has 4 nitrogen and oxygen atoms in total. The van der Waals surface area contributed by atoms with Crippen molar-refractivity contribution in [3.63, 3.8) is 0 Å². The number of carbonyl (C=O) groups excluding carboxylic acids is 1. The summed E-state index contributed by atoms with van der Waals surface area (Å²) in [6.07, 6.45) is -4.62. The second-order valence-corrected chi connectivity index (χ2v) is 4.06. The summed E-state index contributed by atoms with van der Waals surface area (Å²) in [5.41, 5.74) is 0.215. The first-order valence-electron chi connectivity index (χ1n) is 6.36. The van der Waals surface area contributed by atoms with Crippen molar-refractivity contribution in [3.8, 4) is 5.75 Å². The quantitative estimate of drug-likeness (QED) is 0.783. The first-order chi connectivity index (χ1) is 9.51. The van der Waals surface area contributed by atoms with Gasteiger partial charge in [-0.3, -0.25) is 4.79 Å². The molecule has 1 aromatic rings. The number of halogens is 2. The smallest absolute Gasteiger partial charge is 0.317 e. The maximum Gasteiger partial charge on any atom is 0.317 e. The third kappa shape index (κ3) is 4.16. The highest BCUT2D eigenvalue weighted by atomic mass is 19.3. The zero-order valence-corrected chi connectivity index (χ0v) is 11.4. The third-order valence-electron chi connectivity index (χ3n) is 2.70. The molecule has 1 N–H and O–H groups in total. The molecule has 2 atom stereocenters. The van der Waals surface area contributed by atoms with Crippen LogP contribution in [0.5, 0.6) is 5.75 Å². The van der Waals surface area contributed by atoms with E-state index in [-0.39, 0.29) is 12.2 Å². The zero-order chi connectivity index (χ0) is 15.1. The number of aliphatic hydroxyl groups is 1. The average Bonchev–Trinajstić information content (AvgIpc) is 2.40. The molecule has 6 heteroatoms. The monoisotopic (exact) mass is 288 g/mol. The highest BCUT2D eigenvalue weighted by Gasteiger charge is 2.37. The van der Waals surface area contributed by atoms with Crippen LogP contribution in [0.15, 0.2) is 24.3 Å². The van der Waals surface area contributed by atoms with Crippen LogP contribution in [0, 0.1) is 5.92 Å². The van der Waals surface area contributed by atoms with Crippen molar-refractivity contribution in [2.75, 3.05) is 13.2 Å². The van der Waals surface area contributed by atoms with Crippen LogP contribution in [0.25, 0.3) is 0 Å². The van der Waals surface area contributed by atoms with Crippen LogP contribution in [-0.4, -0.2) is 30.7 Å². The maximum atomic E-state index is 12.9. The maximum absolute atomic E-state index is 12.9. The molecule has 112 valence electrons. The van der Waals surface area contributed by atoms with E-state index in [1.54, 1.807) is 12.1 Å². The molecule has 0 bridgehead atoms. The summed E-state index contributed by atoms with van der Waals surface area (Å²) >= 11 is 0. The van der Waals surface area contributed by atoms with Gasteiger partial charge in [0.05, 0.1) is 19.3 Å². The molecule has 0 saturated carbocycles. The van der Waals surface area contributed by atoms with E-state index >= 15 is 0 Å². The van der Waals surface area contributed by atoms with Gasteiger partial charge in [-0.05, 0) is 31.5 Å². The molecular formula is C14H18F2O4. The van der Waals surface area contributed by atoms with Gasteiger partial charge in [0.15, 0.2) is 0 Å². The molecule has 0 amide bonds. The summed E-state index contributed by atoms with van der Waals surface area (Å²) < 4.78 is 35.6. The minimum atomic E-state index is -3.00. The van der Waals surface area contributed by atoms with Crippen molar-refractivity contribution in [1.29, 1.82) is 0 Å². The number of ether oxygens (including phenoxy) is 2. The van der Waals surface area contributed by atoms with Crippen LogP contribution in [-0.2, 0) is 9.53 Å². The van der Waals surface area contributed by atoms with Gasteiger partial charge in [0, 0.05) is 0 Å². The fourth-order valence-corrected chi connectivity index (χ4v) is 1.74. The van der Waals surface area contributed by atoms with E-state index in [0.717, 1.165) is 0 Å². The number of hydrogen-bond donors (Lipinski definition) is 1. The largest absolute Gasteiger partial charge is 0.494 e. The van der Waals surface area contributed by atoms with E-state index in [1.807, 2.05) is 6.92 Å². The minimum Gasteiger partial charge on any atom is -0.494 e. The van der Waals surface area contributed by atoms with E-state index in [0.29, 0.717) is 12.4 Å². The standard InChI is InChI=1S/C14H18F2O4/c1-3-19-10-7-5-9(6-8-10)12(17)11(13(15)16)14(18)20-4-2/h5-8,11-13,17H,3-4H2,1-2H3. The number of hydrogen-bond acceptors (Lipinski definition) is 4. The molecular weight excluding hydrogens is 270 g/mol. The summed E-state index contributed by atoms with van der Waals surface area (Å²) in [6, 6.07) is 6.00. The fraction of sp³-hybridized carbons (Fsp3) is 0.500. The first kappa shape index (κ1) is 16.4. The summed E-state index contributed by atoms with van der Waals surface area (Å²) in [4.78, 5) is 11.5. The Labute approximate surface area is 116 Å². The molecule has 0 aliphatic rings. The second kappa shape index (κ2) is 7.79. The lowest BCUT2D eigenvalue weighted by molar-refractivity contribution is -0.160. The van der Waals surface area contributed by atoms with E-state index in [9.17, 15) is 18.7 Å². The van der Waals surface area contributed by atoms with Crippen molar-refractivity contribution < 1.29 is 28.2 Å². The SMILES string of the molecule is CCOC(=O)C(C(F)F)C(O)c1ccc(OCC)cc1. The predicted octanol–water partition coefficient (Wildman–Crippen LogP) is 2.56. The Hall–Kier alpha value is -1.69. The fourth-order valence-electron chi connectivity index (χ4n) is 1.74. The van der Waals surface area contributed by atoms with Crippen molar-refractivity contribution in [2.24, 2.45) is 5.92 Å². The van der Waals surface area contributed by atoms with Crippen molar-refractivity contribution in [2.45, 2.75) is 26.4 Å². The van der Waals surface area contributed by atoms with Crippen LogP contribution in [0.2, 0.25) is 0 Å². The molecule has 0 fully saturated rings. The normalized spacial score (nSPS) is 13.9. The predicted molar refractivity (Wildman–Crippen MR) is 68.7 cm³/mol. The summed E-state index contributed by atoms with van der Waals surface area (Å²) in [5.74, 6) is -2.44. The Kier molecular flexibility index (Phi) is 6.38. The van der Waals surface area contributed by atoms with Crippen LogP contribution >= 0.6 is 0 Å². The Morgan fingerprint density at radius 2 is 1.80 bits per heavy atom. The molecule has 0 aromatic heterocycles. The minimum absolute atomic E-state index is 0.0158. The second-order valence-electron chi connectivity index (χ2n) is 4.06. The Bertz CT molecular complexity index is 420. The van der Waals surface area contributed by atoms with Gasteiger partial charge in [0.2, 0.25) is 0 Å². The number of aliphatic hydroxyl groups excluding tert-OH is 1. The first-order valence-corrected chi connectivity index (χ1v) is 6.36. The molecule has 0 heterocycles. The van der Waals surface area contributed by atoms with Crippen LogP contribution < -0.4 is 4.74 Å². The molecule has 2 unspecified atom stereocenters. The van der Waals surface area contributed by atoms with Gasteiger partial charge in [0.1, 0.15) is 11.7 Å². The number of benzene rings is 1. The molecule has 0 aliphatic carbocycles. The zero-order valence-electron chi connectivity index (χ0n) is 11.4. The molecule has 0 aliphatic heterocycles. The number of carbonyl (C=O) groups is 1. The van der Waals surface area contributed by atoms with E-state index in [4.69, 9.17) is 4.74 Å². The van der Waals surface area contributed by atoms with Crippen molar-refractivity contribution >= 4 is 5.97 Å². The van der Waals surface area contributed by atoms with Crippen molar-refractivity contribution in [3.05, 3.63) is 29.8 Å². The lowest BCUT2D eigenvalue weighted by Gasteiger charge is -2.21. The molecule has 1 rings (SSSR count). The van der Waals surface area contributed by atoms with Crippen LogP contribution in [0.3, 0.4) is 0 Å². The van der Waals surface area contributed by atoms with Gasteiger partial charge < -0.3 is 14.6 Å². The molecule has 0 spiro atoms.